The standard InChI is InChI=1S/C23H21N3O5/c1-30-20-14-21(31-2)19(26(28)29)13-18(20)15-24-25-23(27)22(16-9-5-3-6-10-16)17-11-7-4-8-12-17/h3-15,22H,1-2H3,(H,25,27)/b24-15+. The summed E-state index contributed by atoms with van der Waals surface area (Å²) >= 11 is 0. The molecule has 0 saturated carbocycles. The Morgan fingerprint density at radius 2 is 1.52 bits per heavy atom. The quantitative estimate of drug-likeness (QED) is 0.339. The highest BCUT2D eigenvalue weighted by molar-refractivity contribution is 5.90. The third kappa shape index (κ3) is 5.05. The number of carbonyl (C=O) groups is 1. The fourth-order valence-electron chi connectivity index (χ4n) is 3.17. The average Bonchev–Trinajstić information content (AvgIpc) is 2.80. The summed E-state index contributed by atoms with van der Waals surface area (Å²) in [6, 6.07) is 21.4. The zero-order chi connectivity index (χ0) is 22.2. The number of amides is 1. The van der Waals surface area contributed by atoms with Gasteiger partial charge in [-0.3, -0.25) is 14.9 Å². The number of carbonyl (C=O) groups excluding carboxylic acids is 1. The second-order valence-corrected chi connectivity index (χ2v) is 6.51. The molecule has 0 bridgehead atoms. The van der Waals surface area contributed by atoms with Crippen molar-refractivity contribution in [2.45, 2.75) is 5.92 Å². The van der Waals surface area contributed by atoms with Gasteiger partial charge in [-0.25, -0.2) is 5.43 Å². The van der Waals surface area contributed by atoms with Gasteiger partial charge in [0.1, 0.15) is 5.75 Å². The van der Waals surface area contributed by atoms with Crippen LogP contribution in [-0.4, -0.2) is 31.3 Å². The first-order valence-electron chi connectivity index (χ1n) is 9.38. The van der Waals surface area contributed by atoms with Gasteiger partial charge in [-0.05, 0) is 11.1 Å². The van der Waals surface area contributed by atoms with Gasteiger partial charge in [0.15, 0.2) is 0 Å². The van der Waals surface area contributed by atoms with E-state index in [1.165, 1.54) is 32.6 Å². The van der Waals surface area contributed by atoms with E-state index in [4.69, 9.17) is 9.47 Å². The highest BCUT2D eigenvalue weighted by atomic mass is 16.6. The van der Waals surface area contributed by atoms with Crippen LogP contribution in [0.4, 0.5) is 5.69 Å². The normalized spacial score (nSPS) is 10.8. The van der Waals surface area contributed by atoms with E-state index in [9.17, 15) is 14.9 Å². The molecule has 3 aromatic rings. The molecule has 3 rings (SSSR count). The number of methoxy groups -OCH3 is 2. The largest absolute Gasteiger partial charge is 0.496 e. The number of nitrogens with zero attached hydrogens (tertiary/aromatic N) is 2. The second-order valence-electron chi connectivity index (χ2n) is 6.51. The van der Waals surface area contributed by atoms with Crippen LogP contribution >= 0.6 is 0 Å². The molecule has 158 valence electrons. The van der Waals surface area contributed by atoms with Crippen molar-refractivity contribution in [3.8, 4) is 11.5 Å². The molecule has 8 nitrogen and oxygen atoms in total. The van der Waals surface area contributed by atoms with Gasteiger partial charge in [0, 0.05) is 17.7 Å². The minimum absolute atomic E-state index is 0.0660. The lowest BCUT2D eigenvalue weighted by Crippen LogP contribution is -2.26. The first-order chi connectivity index (χ1) is 15.0. The highest BCUT2D eigenvalue weighted by Crippen LogP contribution is 2.33. The van der Waals surface area contributed by atoms with Gasteiger partial charge in [0.05, 0.1) is 31.3 Å². The molecule has 0 radical (unpaired) electrons. The predicted octanol–water partition coefficient (Wildman–Crippen LogP) is 3.89. The number of nitrogens with one attached hydrogen (secondary N) is 1. The van der Waals surface area contributed by atoms with E-state index in [2.05, 4.69) is 10.5 Å². The SMILES string of the molecule is COc1cc(OC)c([N+](=O)[O-])cc1/C=N/NC(=O)C(c1ccccc1)c1ccccc1. The minimum Gasteiger partial charge on any atom is -0.496 e. The smallest absolute Gasteiger partial charge is 0.311 e. The van der Waals surface area contributed by atoms with Crippen LogP contribution < -0.4 is 14.9 Å². The molecule has 1 N–H and O–H groups in total. The molecular weight excluding hydrogens is 398 g/mol. The van der Waals surface area contributed by atoms with Gasteiger partial charge in [-0.2, -0.15) is 5.10 Å². The van der Waals surface area contributed by atoms with E-state index < -0.39 is 10.8 Å². The van der Waals surface area contributed by atoms with Crippen molar-refractivity contribution in [3.05, 3.63) is 99.6 Å². The van der Waals surface area contributed by atoms with E-state index in [-0.39, 0.29) is 17.3 Å². The van der Waals surface area contributed by atoms with Crippen molar-refractivity contribution in [1.82, 2.24) is 5.43 Å². The molecule has 0 aromatic heterocycles. The molecule has 0 aliphatic heterocycles. The molecule has 3 aromatic carbocycles. The van der Waals surface area contributed by atoms with Gasteiger partial charge in [-0.1, -0.05) is 60.7 Å². The Morgan fingerprint density at radius 3 is 2.00 bits per heavy atom. The Labute approximate surface area is 179 Å². The van der Waals surface area contributed by atoms with Crippen LogP contribution in [0.15, 0.2) is 77.9 Å². The lowest BCUT2D eigenvalue weighted by atomic mass is 9.91. The summed E-state index contributed by atoms with van der Waals surface area (Å²) in [7, 11) is 2.76. The predicted molar refractivity (Wildman–Crippen MR) is 117 cm³/mol. The third-order valence-corrected chi connectivity index (χ3v) is 4.63. The van der Waals surface area contributed by atoms with Crippen molar-refractivity contribution < 1.29 is 19.2 Å². The molecule has 1 amide bonds. The molecule has 0 saturated heterocycles. The summed E-state index contributed by atoms with van der Waals surface area (Å²) in [5, 5.41) is 15.3. The van der Waals surface area contributed by atoms with Crippen LogP contribution in [0, 0.1) is 10.1 Å². The molecule has 0 aliphatic rings. The monoisotopic (exact) mass is 419 g/mol. The van der Waals surface area contributed by atoms with Crippen LogP contribution in [0.1, 0.15) is 22.6 Å². The van der Waals surface area contributed by atoms with Crippen molar-refractivity contribution >= 4 is 17.8 Å². The summed E-state index contributed by atoms with van der Waals surface area (Å²) in [6.45, 7) is 0. The maximum atomic E-state index is 13.0. The van der Waals surface area contributed by atoms with E-state index >= 15 is 0 Å². The molecule has 0 atom stereocenters. The highest BCUT2D eigenvalue weighted by Gasteiger charge is 2.22. The average molecular weight is 419 g/mol. The Kier molecular flexibility index (Phi) is 6.95. The summed E-state index contributed by atoms with van der Waals surface area (Å²) in [5.41, 5.74) is 4.26. The summed E-state index contributed by atoms with van der Waals surface area (Å²) < 4.78 is 10.3. The number of nitro benzene ring substituents is 1. The number of nitro groups is 1. The van der Waals surface area contributed by atoms with E-state index in [0.29, 0.717) is 11.3 Å². The topological polar surface area (TPSA) is 103 Å². The Bertz CT molecular complexity index is 1050. The second kappa shape index (κ2) is 10.0. The van der Waals surface area contributed by atoms with Gasteiger partial charge in [-0.15, -0.1) is 0 Å². The fourth-order valence-corrected chi connectivity index (χ4v) is 3.17. The number of benzene rings is 3. The zero-order valence-electron chi connectivity index (χ0n) is 17.0. The van der Waals surface area contributed by atoms with E-state index in [0.717, 1.165) is 11.1 Å². The first-order valence-corrected chi connectivity index (χ1v) is 9.38. The summed E-state index contributed by atoms with van der Waals surface area (Å²) in [5.74, 6) is -0.512. The van der Waals surface area contributed by atoms with Crippen LogP contribution in [0.25, 0.3) is 0 Å². The lowest BCUT2D eigenvalue weighted by Gasteiger charge is -2.16. The van der Waals surface area contributed by atoms with Gasteiger partial charge < -0.3 is 9.47 Å². The van der Waals surface area contributed by atoms with E-state index in [1.54, 1.807) is 0 Å². The molecule has 0 aliphatic carbocycles. The number of hydrogen-bond acceptors (Lipinski definition) is 6. The minimum atomic E-state index is -0.563. The molecule has 0 unspecified atom stereocenters. The molecule has 0 spiro atoms. The van der Waals surface area contributed by atoms with Crippen LogP contribution in [0.5, 0.6) is 11.5 Å². The van der Waals surface area contributed by atoms with Crippen molar-refractivity contribution in [1.29, 1.82) is 0 Å². The Morgan fingerprint density at radius 1 is 0.968 bits per heavy atom. The number of rotatable bonds is 8. The van der Waals surface area contributed by atoms with Crippen LogP contribution in [0.2, 0.25) is 0 Å². The first kappa shape index (κ1) is 21.5. The Hall–Kier alpha value is -4.20. The van der Waals surface area contributed by atoms with Gasteiger partial charge in [0.25, 0.3) is 5.91 Å². The van der Waals surface area contributed by atoms with Crippen LogP contribution in [0.3, 0.4) is 0 Å². The van der Waals surface area contributed by atoms with Crippen molar-refractivity contribution in [2.24, 2.45) is 5.10 Å². The Balaban J connectivity index is 1.87. The molecule has 8 heteroatoms. The van der Waals surface area contributed by atoms with E-state index in [1.807, 2.05) is 60.7 Å². The maximum absolute atomic E-state index is 13.0. The molecule has 31 heavy (non-hydrogen) atoms. The van der Waals surface area contributed by atoms with Crippen LogP contribution in [-0.2, 0) is 4.79 Å². The lowest BCUT2D eigenvalue weighted by molar-refractivity contribution is -0.385. The summed E-state index contributed by atoms with van der Waals surface area (Å²) in [4.78, 5) is 23.7. The zero-order valence-corrected chi connectivity index (χ0v) is 17.0. The fraction of sp³-hybridized carbons (Fsp3) is 0.130. The maximum Gasteiger partial charge on any atom is 0.311 e. The van der Waals surface area contributed by atoms with Gasteiger partial charge >= 0.3 is 5.69 Å². The summed E-state index contributed by atoms with van der Waals surface area (Å²) in [6.07, 6.45) is 1.30. The van der Waals surface area contributed by atoms with Crippen molar-refractivity contribution in [3.63, 3.8) is 0 Å². The van der Waals surface area contributed by atoms with Gasteiger partial charge in [0.2, 0.25) is 5.75 Å². The number of hydrogen-bond donors (Lipinski definition) is 1. The third-order valence-electron chi connectivity index (χ3n) is 4.63. The number of ether oxygens (including phenoxy) is 2. The molecular formula is C23H21N3O5. The molecule has 0 heterocycles. The number of hydrazone groups is 1. The molecule has 0 fully saturated rings. The van der Waals surface area contributed by atoms with Crippen molar-refractivity contribution in [2.75, 3.05) is 14.2 Å².